The van der Waals surface area contributed by atoms with Gasteiger partial charge in [-0.05, 0) is 87.6 Å². The fourth-order valence-electron chi connectivity index (χ4n) is 3.18. The van der Waals surface area contributed by atoms with Gasteiger partial charge in [0.15, 0.2) is 0 Å². The molecule has 0 aliphatic rings. The van der Waals surface area contributed by atoms with Gasteiger partial charge in [0, 0.05) is 0 Å². The van der Waals surface area contributed by atoms with Crippen LogP contribution in [0.15, 0.2) is 23.1 Å². The summed E-state index contributed by atoms with van der Waals surface area (Å²) in [6.45, 7) is 11.7. The van der Waals surface area contributed by atoms with Gasteiger partial charge in [0.05, 0.1) is 25.8 Å². The Hall–Kier alpha value is -1.92. The van der Waals surface area contributed by atoms with Crippen molar-refractivity contribution >= 4 is 37.3 Å². The van der Waals surface area contributed by atoms with Gasteiger partial charge in [0.2, 0.25) is 0 Å². The molecule has 1 N–H and O–H groups in total. The molecule has 6 heteroatoms. The average Bonchev–Trinajstić information content (AvgIpc) is 2.89. The van der Waals surface area contributed by atoms with Crippen LogP contribution >= 0.6 is 11.3 Å². The monoisotopic (exact) mass is 374 g/mol. The summed E-state index contributed by atoms with van der Waals surface area (Å²) < 4.78 is 29.9. The summed E-state index contributed by atoms with van der Waals surface area (Å²) in [5.41, 5.74) is 6.15. The molecule has 0 aliphatic carbocycles. The normalized spacial score (nSPS) is 11.9. The highest BCUT2D eigenvalue weighted by molar-refractivity contribution is 7.92. The summed E-state index contributed by atoms with van der Waals surface area (Å²) in [4.78, 5) is 4.81. The summed E-state index contributed by atoms with van der Waals surface area (Å²) in [5, 5.41) is 0.964. The highest BCUT2D eigenvalue weighted by Crippen LogP contribution is 2.31. The van der Waals surface area contributed by atoms with Crippen molar-refractivity contribution in [3.63, 3.8) is 0 Å². The van der Waals surface area contributed by atoms with E-state index >= 15 is 0 Å². The Balaban J connectivity index is 2.10. The summed E-state index contributed by atoms with van der Waals surface area (Å²) in [5.74, 6) is 0. The number of hydrogen-bond acceptors (Lipinski definition) is 4. The maximum absolute atomic E-state index is 13.1. The predicted octanol–water partition coefficient (Wildman–Crippen LogP) is 4.95. The van der Waals surface area contributed by atoms with E-state index in [9.17, 15) is 8.42 Å². The Morgan fingerprint density at radius 3 is 2.04 bits per heavy atom. The fourth-order valence-corrected chi connectivity index (χ4v) is 5.64. The predicted molar refractivity (Wildman–Crippen MR) is 105 cm³/mol. The molecule has 132 valence electrons. The molecule has 0 radical (unpaired) electrons. The smallest absolute Gasteiger partial charge is 0.262 e. The van der Waals surface area contributed by atoms with Crippen molar-refractivity contribution in [2.75, 3.05) is 4.72 Å². The SMILES string of the molecule is Cc1nc2cc(NS(=O)(=O)c3c(C)c(C)c(C)c(C)c3C)ccc2s1. The van der Waals surface area contributed by atoms with E-state index in [0.717, 1.165) is 43.0 Å². The molecule has 0 bridgehead atoms. The zero-order valence-electron chi connectivity index (χ0n) is 15.3. The largest absolute Gasteiger partial charge is 0.280 e. The van der Waals surface area contributed by atoms with E-state index < -0.39 is 10.0 Å². The van der Waals surface area contributed by atoms with Crippen molar-refractivity contribution in [1.29, 1.82) is 0 Å². The average molecular weight is 375 g/mol. The minimum absolute atomic E-state index is 0.377. The Morgan fingerprint density at radius 2 is 1.44 bits per heavy atom. The number of nitrogens with zero attached hydrogens (tertiary/aromatic N) is 1. The summed E-state index contributed by atoms with van der Waals surface area (Å²) >= 11 is 1.60. The van der Waals surface area contributed by atoms with Crippen LogP contribution in [0.2, 0.25) is 0 Å². The molecule has 0 spiro atoms. The third kappa shape index (κ3) is 3.04. The van der Waals surface area contributed by atoms with E-state index in [4.69, 9.17) is 0 Å². The van der Waals surface area contributed by atoms with Crippen LogP contribution in [-0.4, -0.2) is 13.4 Å². The van der Waals surface area contributed by atoms with Gasteiger partial charge in [-0.25, -0.2) is 13.4 Å². The Kier molecular flexibility index (Phi) is 4.37. The van der Waals surface area contributed by atoms with Crippen LogP contribution in [0.1, 0.15) is 32.8 Å². The van der Waals surface area contributed by atoms with E-state index in [0.29, 0.717) is 10.6 Å². The molecule has 3 aromatic rings. The van der Waals surface area contributed by atoms with Crippen LogP contribution in [-0.2, 0) is 10.0 Å². The first-order chi connectivity index (χ1) is 11.6. The van der Waals surface area contributed by atoms with E-state index in [1.165, 1.54) is 0 Å². The molecule has 0 unspecified atom stereocenters. The molecular formula is C19H22N2O2S2. The van der Waals surface area contributed by atoms with Crippen LogP contribution in [0, 0.1) is 41.5 Å². The first-order valence-electron chi connectivity index (χ1n) is 8.09. The van der Waals surface area contributed by atoms with Gasteiger partial charge in [-0.3, -0.25) is 4.72 Å². The molecule has 4 nitrogen and oxygen atoms in total. The lowest BCUT2D eigenvalue weighted by Gasteiger charge is -2.19. The highest BCUT2D eigenvalue weighted by atomic mass is 32.2. The highest BCUT2D eigenvalue weighted by Gasteiger charge is 2.24. The van der Waals surface area contributed by atoms with Crippen molar-refractivity contribution in [2.45, 2.75) is 46.4 Å². The van der Waals surface area contributed by atoms with Gasteiger partial charge >= 0.3 is 0 Å². The number of thiazole rings is 1. The Labute approximate surface area is 153 Å². The van der Waals surface area contributed by atoms with Crippen LogP contribution < -0.4 is 4.72 Å². The van der Waals surface area contributed by atoms with Crippen molar-refractivity contribution < 1.29 is 8.42 Å². The maximum atomic E-state index is 13.1. The second kappa shape index (κ2) is 6.11. The Morgan fingerprint density at radius 1 is 0.880 bits per heavy atom. The topological polar surface area (TPSA) is 59.1 Å². The number of fused-ring (bicyclic) bond motifs is 1. The van der Waals surface area contributed by atoms with Crippen LogP contribution in [0.5, 0.6) is 0 Å². The van der Waals surface area contributed by atoms with Gasteiger partial charge in [0.1, 0.15) is 0 Å². The molecule has 0 fully saturated rings. The standard InChI is InChI=1S/C19H22N2O2S2/c1-10-11(2)13(4)19(14(5)12(10)3)25(22,23)21-16-7-8-18-17(9-16)20-15(6)24-18/h7-9,21H,1-6H3. The minimum atomic E-state index is -3.67. The number of benzene rings is 2. The second-order valence-electron chi connectivity index (χ2n) is 6.48. The fraction of sp³-hybridized carbons (Fsp3) is 0.316. The molecule has 0 aliphatic heterocycles. The van der Waals surface area contributed by atoms with Crippen LogP contribution in [0.4, 0.5) is 5.69 Å². The molecular weight excluding hydrogens is 352 g/mol. The van der Waals surface area contributed by atoms with Crippen molar-refractivity contribution in [2.24, 2.45) is 0 Å². The number of rotatable bonds is 3. The lowest BCUT2D eigenvalue weighted by molar-refractivity contribution is 0.599. The third-order valence-corrected chi connectivity index (χ3v) is 7.55. The molecule has 2 aromatic carbocycles. The molecule has 1 aromatic heterocycles. The summed E-state index contributed by atoms with van der Waals surface area (Å²) in [6, 6.07) is 5.48. The third-order valence-electron chi connectivity index (χ3n) is 4.95. The number of aryl methyl sites for hydroxylation is 1. The molecule has 0 atom stereocenters. The first kappa shape index (κ1) is 17.9. The van der Waals surface area contributed by atoms with Gasteiger partial charge in [-0.1, -0.05) is 0 Å². The van der Waals surface area contributed by atoms with Crippen LogP contribution in [0.3, 0.4) is 0 Å². The molecule has 3 rings (SSSR count). The van der Waals surface area contributed by atoms with Gasteiger partial charge in [0.25, 0.3) is 10.0 Å². The number of anilines is 1. The Bertz CT molecular complexity index is 1070. The minimum Gasteiger partial charge on any atom is -0.280 e. The summed E-state index contributed by atoms with van der Waals surface area (Å²) in [6.07, 6.45) is 0. The number of hydrogen-bond donors (Lipinski definition) is 1. The van der Waals surface area contributed by atoms with Gasteiger partial charge < -0.3 is 0 Å². The quantitative estimate of drug-likeness (QED) is 0.706. The zero-order valence-corrected chi connectivity index (χ0v) is 16.9. The molecule has 25 heavy (non-hydrogen) atoms. The molecule has 0 amide bonds. The van der Waals surface area contributed by atoms with Gasteiger partial charge in [-0.15, -0.1) is 11.3 Å². The number of aromatic nitrogens is 1. The number of nitrogens with one attached hydrogen (secondary N) is 1. The second-order valence-corrected chi connectivity index (χ2v) is 9.33. The first-order valence-corrected chi connectivity index (χ1v) is 10.4. The maximum Gasteiger partial charge on any atom is 0.262 e. The molecule has 0 saturated heterocycles. The van der Waals surface area contributed by atoms with Crippen molar-refractivity contribution in [1.82, 2.24) is 4.98 Å². The molecule has 0 saturated carbocycles. The van der Waals surface area contributed by atoms with Crippen molar-refractivity contribution in [3.05, 3.63) is 51.0 Å². The molecule has 1 heterocycles. The lowest BCUT2D eigenvalue weighted by atomic mass is 9.95. The van der Waals surface area contributed by atoms with Gasteiger partial charge in [-0.2, -0.15) is 0 Å². The van der Waals surface area contributed by atoms with Crippen molar-refractivity contribution in [3.8, 4) is 0 Å². The van der Waals surface area contributed by atoms with E-state index in [2.05, 4.69) is 9.71 Å². The zero-order chi connectivity index (χ0) is 18.5. The summed E-state index contributed by atoms with van der Waals surface area (Å²) in [7, 11) is -3.67. The lowest BCUT2D eigenvalue weighted by Crippen LogP contribution is -2.17. The van der Waals surface area contributed by atoms with E-state index in [1.54, 1.807) is 23.5 Å². The van der Waals surface area contributed by atoms with Crippen LogP contribution in [0.25, 0.3) is 10.2 Å². The van der Waals surface area contributed by atoms with E-state index in [-0.39, 0.29) is 0 Å². The van der Waals surface area contributed by atoms with E-state index in [1.807, 2.05) is 47.6 Å². The number of sulfonamides is 1.